The minimum absolute atomic E-state index is 0.242. The van der Waals surface area contributed by atoms with E-state index in [1.165, 1.54) is 21.3 Å². The van der Waals surface area contributed by atoms with E-state index in [0.29, 0.717) is 27.5 Å². The molecule has 1 heterocycles. The molecule has 0 spiro atoms. The molecule has 0 N–H and O–H groups in total. The maximum Gasteiger partial charge on any atom is 0.390 e. The van der Waals surface area contributed by atoms with Crippen molar-refractivity contribution in [2.24, 2.45) is 0 Å². The fraction of sp³-hybridized carbons (Fsp3) is 0.190. The van der Waals surface area contributed by atoms with Gasteiger partial charge in [0.25, 0.3) is 0 Å². The Hall–Kier alpha value is -2.78. The Kier molecular flexibility index (Phi) is 5.52. The molecule has 0 atom stereocenters. The van der Waals surface area contributed by atoms with E-state index < -0.39 is 5.97 Å². The molecule has 138 valence electrons. The van der Waals surface area contributed by atoms with Crippen LogP contribution in [0.1, 0.15) is 11.1 Å². The Bertz CT molecular complexity index is 923. The van der Waals surface area contributed by atoms with Crippen LogP contribution in [0.2, 0.25) is 5.02 Å². The zero-order valence-corrected chi connectivity index (χ0v) is 15.9. The van der Waals surface area contributed by atoms with Gasteiger partial charge in [-0.3, -0.25) is 0 Å². The lowest BCUT2D eigenvalue weighted by atomic mass is 9.91. The zero-order chi connectivity index (χ0) is 19.4. The molecule has 0 unspecified atom stereocenters. The summed E-state index contributed by atoms with van der Waals surface area (Å²) in [5, 5.41) is 10.5. The molecule has 3 rings (SSSR count). The monoisotopic (exact) mass is 383 g/mol. The minimum atomic E-state index is -1.63. The number of halogens is 1. The molecule has 0 aliphatic carbocycles. The molecule has 0 amide bonds. The molecule has 5 nitrogen and oxygen atoms in total. The molecule has 1 aliphatic heterocycles. The third kappa shape index (κ3) is 3.31. The van der Waals surface area contributed by atoms with Crippen LogP contribution in [-0.2, 0) is 18.9 Å². The summed E-state index contributed by atoms with van der Waals surface area (Å²) in [6, 6.07) is 18.6. The maximum absolute atomic E-state index is 9.95. The fourth-order valence-corrected chi connectivity index (χ4v) is 3.11. The Labute approximate surface area is 163 Å². The fourth-order valence-electron chi connectivity index (χ4n) is 2.98. The molecule has 6 heteroatoms. The van der Waals surface area contributed by atoms with E-state index >= 15 is 0 Å². The second-order valence-electron chi connectivity index (χ2n) is 5.66. The van der Waals surface area contributed by atoms with Gasteiger partial charge in [0, 0.05) is 24.8 Å². The number of rotatable bonds is 5. The second kappa shape index (κ2) is 7.85. The molecular weight excluding hydrogens is 366 g/mol. The molecule has 27 heavy (non-hydrogen) atoms. The molecule has 0 saturated carbocycles. The number of nitriles is 1. The number of hydrogen-bond donors (Lipinski definition) is 0. The Morgan fingerprint density at radius 1 is 0.926 bits per heavy atom. The number of benzene rings is 2. The third-order valence-electron chi connectivity index (χ3n) is 4.24. The average molecular weight is 384 g/mol. The van der Waals surface area contributed by atoms with Crippen molar-refractivity contribution in [3.8, 4) is 6.07 Å². The lowest BCUT2D eigenvalue weighted by molar-refractivity contribution is -0.325. The highest BCUT2D eigenvalue weighted by Gasteiger charge is 2.48. The van der Waals surface area contributed by atoms with Crippen molar-refractivity contribution >= 4 is 22.9 Å². The van der Waals surface area contributed by atoms with E-state index in [2.05, 4.69) is 6.07 Å². The first-order valence-corrected chi connectivity index (χ1v) is 8.52. The van der Waals surface area contributed by atoms with Crippen molar-refractivity contribution in [1.29, 1.82) is 5.26 Å². The van der Waals surface area contributed by atoms with Crippen LogP contribution in [0, 0.1) is 11.3 Å². The summed E-state index contributed by atoms with van der Waals surface area (Å²) >= 11 is 6.03. The normalized spacial score (nSPS) is 16.0. The SMILES string of the molecule is COC1=C(c2ccc(Cl)cc2)C(C#N)=C(c2ccccc2)OC1(OC)OC. The predicted molar refractivity (Wildman–Crippen MR) is 102 cm³/mol. The van der Waals surface area contributed by atoms with Crippen molar-refractivity contribution in [3.05, 3.63) is 82.1 Å². The highest BCUT2D eigenvalue weighted by atomic mass is 35.5. The van der Waals surface area contributed by atoms with E-state index in [0.717, 1.165) is 5.56 Å². The smallest absolute Gasteiger partial charge is 0.390 e. The van der Waals surface area contributed by atoms with Gasteiger partial charge < -0.3 is 18.9 Å². The number of ether oxygens (including phenoxy) is 4. The summed E-state index contributed by atoms with van der Waals surface area (Å²) in [6.45, 7) is 0. The molecule has 0 aromatic heterocycles. The summed E-state index contributed by atoms with van der Waals surface area (Å²) in [5.74, 6) is -1.05. The first-order chi connectivity index (χ1) is 13.1. The van der Waals surface area contributed by atoms with Gasteiger partial charge in [-0.1, -0.05) is 54.1 Å². The summed E-state index contributed by atoms with van der Waals surface area (Å²) in [5.41, 5.74) is 2.27. The number of hydrogen-bond acceptors (Lipinski definition) is 5. The van der Waals surface area contributed by atoms with Gasteiger partial charge in [0.2, 0.25) is 5.76 Å². The average Bonchev–Trinajstić information content (AvgIpc) is 2.73. The van der Waals surface area contributed by atoms with Crippen LogP contribution in [0.4, 0.5) is 0 Å². The lowest BCUT2D eigenvalue weighted by Gasteiger charge is -2.37. The highest BCUT2D eigenvalue weighted by Crippen LogP contribution is 2.45. The van der Waals surface area contributed by atoms with Gasteiger partial charge in [-0.25, -0.2) is 0 Å². The van der Waals surface area contributed by atoms with Crippen molar-refractivity contribution in [2.45, 2.75) is 5.97 Å². The minimum Gasteiger partial charge on any atom is -0.492 e. The standard InChI is InChI=1S/C21H18ClNO4/c1-24-20-18(14-9-11-16(22)12-10-14)17(13-23)19(15-7-5-4-6-8-15)27-21(20,25-2)26-3/h4-12H,1-3H3. The topological polar surface area (TPSA) is 60.7 Å². The van der Waals surface area contributed by atoms with E-state index in [4.69, 9.17) is 30.5 Å². The van der Waals surface area contributed by atoms with Crippen molar-refractivity contribution in [3.63, 3.8) is 0 Å². The van der Waals surface area contributed by atoms with Crippen LogP contribution >= 0.6 is 11.6 Å². The van der Waals surface area contributed by atoms with Crippen molar-refractivity contribution in [2.75, 3.05) is 21.3 Å². The molecule has 2 aromatic rings. The van der Waals surface area contributed by atoms with Crippen LogP contribution in [0.15, 0.2) is 65.9 Å². The van der Waals surface area contributed by atoms with Crippen molar-refractivity contribution in [1.82, 2.24) is 0 Å². The molecule has 0 bridgehead atoms. The summed E-state index contributed by atoms with van der Waals surface area (Å²) in [6.07, 6.45) is 0. The predicted octanol–water partition coefficient (Wildman–Crippen LogP) is 4.61. The van der Waals surface area contributed by atoms with Gasteiger partial charge in [-0.2, -0.15) is 5.26 Å². The molecule has 0 fully saturated rings. The Morgan fingerprint density at radius 2 is 1.56 bits per heavy atom. The van der Waals surface area contributed by atoms with Crippen molar-refractivity contribution < 1.29 is 18.9 Å². The first-order valence-electron chi connectivity index (χ1n) is 8.14. The lowest BCUT2D eigenvalue weighted by Crippen LogP contribution is -2.42. The quantitative estimate of drug-likeness (QED) is 0.705. The summed E-state index contributed by atoms with van der Waals surface area (Å²) in [4.78, 5) is 0. The zero-order valence-electron chi connectivity index (χ0n) is 15.2. The maximum atomic E-state index is 9.95. The summed E-state index contributed by atoms with van der Waals surface area (Å²) < 4.78 is 22.7. The van der Waals surface area contributed by atoms with E-state index in [9.17, 15) is 5.26 Å². The molecule has 1 aliphatic rings. The van der Waals surface area contributed by atoms with Crippen LogP contribution in [0.5, 0.6) is 0 Å². The molecule has 2 aromatic carbocycles. The van der Waals surface area contributed by atoms with Gasteiger partial charge in [0.1, 0.15) is 11.6 Å². The van der Waals surface area contributed by atoms with Gasteiger partial charge in [-0.15, -0.1) is 0 Å². The van der Waals surface area contributed by atoms with E-state index in [-0.39, 0.29) is 5.76 Å². The highest BCUT2D eigenvalue weighted by molar-refractivity contribution is 6.30. The second-order valence-corrected chi connectivity index (χ2v) is 6.10. The third-order valence-corrected chi connectivity index (χ3v) is 4.49. The molecular formula is C21H18ClNO4. The first kappa shape index (κ1) is 19.0. The Morgan fingerprint density at radius 3 is 2.07 bits per heavy atom. The Balaban J connectivity index is 2.36. The van der Waals surface area contributed by atoms with Crippen LogP contribution in [0.3, 0.4) is 0 Å². The van der Waals surface area contributed by atoms with Crippen LogP contribution in [-0.4, -0.2) is 27.3 Å². The molecule has 0 radical (unpaired) electrons. The molecule has 0 saturated heterocycles. The van der Waals surface area contributed by atoms with Gasteiger partial charge in [-0.05, 0) is 17.7 Å². The number of methoxy groups -OCH3 is 3. The largest absolute Gasteiger partial charge is 0.492 e. The van der Waals surface area contributed by atoms with E-state index in [1.54, 1.807) is 24.3 Å². The van der Waals surface area contributed by atoms with Gasteiger partial charge in [0.15, 0.2) is 5.76 Å². The number of nitrogens with zero attached hydrogens (tertiary/aromatic N) is 1. The van der Waals surface area contributed by atoms with Crippen LogP contribution < -0.4 is 0 Å². The van der Waals surface area contributed by atoms with Gasteiger partial charge >= 0.3 is 5.97 Å². The van der Waals surface area contributed by atoms with Gasteiger partial charge in [0.05, 0.1) is 12.7 Å². The number of allylic oxidation sites excluding steroid dienone is 2. The van der Waals surface area contributed by atoms with E-state index in [1.807, 2.05) is 30.3 Å². The van der Waals surface area contributed by atoms with Crippen LogP contribution in [0.25, 0.3) is 11.3 Å². The summed E-state index contributed by atoms with van der Waals surface area (Å²) in [7, 11) is 4.37.